The number of nitrogens with zero attached hydrogens (tertiary/aromatic N) is 1. The highest BCUT2D eigenvalue weighted by Gasteiger charge is 2.48. The maximum absolute atomic E-state index is 12.2. The van der Waals surface area contributed by atoms with E-state index in [0.717, 1.165) is 0 Å². The van der Waals surface area contributed by atoms with Crippen molar-refractivity contribution in [3.63, 3.8) is 0 Å². The second-order valence-corrected chi connectivity index (χ2v) is 5.74. The predicted molar refractivity (Wildman–Crippen MR) is 83.1 cm³/mol. The minimum absolute atomic E-state index is 0.0518. The molecule has 2 aromatic rings. The number of pyridine rings is 1. The first-order valence-corrected chi connectivity index (χ1v) is 7.02. The summed E-state index contributed by atoms with van der Waals surface area (Å²) in [5.41, 5.74) is 1.92. The van der Waals surface area contributed by atoms with Gasteiger partial charge in [-0.1, -0.05) is 29.3 Å². The van der Waals surface area contributed by atoms with Crippen molar-refractivity contribution in [2.45, 2.75) is 5.72 Å². The molecule has 1 aliphatic rings. The molecule has 0 fully saturated rings. The fraction of sp³-hybridized carbons (Fsp3) is 0.0714. The molecule has 1 aromatic heterocycles. The van der Waals surface area contributed by atoms with E-state index in [1.807, 2.05) is 0 Å². The van der Waals surface area contributed by atoms with Gasteiger partial charge in [-0.2, -0.15) is 5.26 Å². The molecule has 23 heavy (non-hydrogen) atoms. The Hall–Kier alpha value is -2.53. The first-order valence-electron chi connectivity index (χ1n) is 6.26. The summed E-state index contributed by atoms with van der Waals surface area (Å²) in [4.78, 5) is 26.3. The first kappa shape index (κ1) is 15.4. The number of amides is 1. The summed E-state index contributed by atoms with van der Waals surface area (Å²) in [5, 5.41) is 22.9. The SMILES string of the molecule is N#Cc1c2c(c(N)[nH]c1=O)C(=O)NC2(O)c1ccc(Cl)cc1Cl. The molecule has 0 radical (unpaired) electrons. The van der Waals surface area contributed by atoms with E-state index in [2.05, 4.69) is 10.3 Å². The van der Waals surface area contributed by atoms with Crippen molar-refractivity contribution in [1.29, 1.82) is 5.26 Å². The Balaban J connectivity index is 2.42. The second kappa shape index (κ2) is 4.99. The van der Waals surface area contributed by atoms with Crippen LogP contribution in [-0.4, -0.2) is 16.0 Å². The highest BCUT2D eigenvalue weighted by molar-refractivity contribution is 6.35. The van der Waals surface area contributed by atoms with Gasteiger partial charge in [0.1, 0.15) is 17.5 Å². The lowest BCUT2D eigenvalue weighted by Crippen LogP contribution is -2.41. The van der Waals surface area contributed by atoms with Crippen LogP contribution in [0.1, 0.15) is 27.0 Å². The highest BCUT2D eigenvalue weighted by Crippen LogP contribution is 2.40. The summed E-state index contributed by atoms with van der Waals surface area (Å²) >= 11 is 11.9. The molecule has 3 rings (SSSR count). The van der Waals surface area contributed by atoms with Crippen LogP contribution >= 0.6 is 23.2 Å². The molecule has 0 saturated heterocycles. The molecule has 0 spiro atoms. The summed E-state index contributed by atoms with van der Waals surface area (Å²) in [6.45, 7) is 0. The molecule has 5 N–H and O–H groups in total. The largest absolute Gasteiger partial charge is 0.385 e. The van der Waals surface area contributed by atoms with Crippen molar-refractivity contribution in [2.75, 3.05) is 5.73 Å². The first-order chi connectivity index (χ1) is 10.8. The lowest BCUT2D eigenvalue weighted by atomic mass is 9.91. The van der Waals surface area contributed by atoms with Crippen LogP contribution in [0.5, 0.6) is 0 Å². The number of nitriles is 1. The Kier molecular flexibility index (Phi) is 3.34. The van der Waals surface area contributed by atoms with Gasteiger partial charge < -0.3 is 21.1 Å². The predicted octanol–water partition coefficient (Wildman–Crippen LogP) is 1.07. The molecule has 9 heteroatoms. The Bertz CT molecular complexity index is 964. The zero-order valence-corrected chi connectivity index (χ0v) is 12.8. The number of anilines is 1. The molecule has 0 saturated carbocycles. The van der Waals surface area contributed by atoms with Crippen LogP contribution in [0.3, 0.4) is 0 Å². The van der Waals surface area contributed by atoms with Gasteiger partial charge in [0.05, 0.1) is 10.6 Å². The number of nitrogen functional groups attached to an aromatic ring is 1. The standard InChI is InChI=1S/C14H8Cl2N4O3/c15-5-1-2-7(8(16)3-5)14(23)10-6(4-17)12(21)19-11(18)9(10)13(22)20-14/h1-3,23H,(H,20,22)(H3,18,19,21). The van der Waals surface area contributed by atoms with Gasteiger partial charge in [-0.05, 0) is 12.1 Å². The zero-order valence-electron chi connectivity index (χ0n) is 11.3. The lowest BCUT2D eigenvalue weighted by Gasteiger charge is -2.26. The zero-order chi connectivity index (χ0) is 16.9. The fourth-order valence-corrected chi connectivity index (χ4v) is 3.14. The summed E-state index contributed by atoms with van der Waals surface area (Å²) in [5.74, 6) is -0.985. The van der Waals surface area contributed by atoms with E-state index < -0.39 is 22.8 Å². The van der Waals surface area contributed by atoms with E-state index in [9.17, 15) is 20.0 Å². The van der Waals surface area contributed by atoms with Crippen LogP contribution in [0.2, 0.25) is 10.0 Å². The van der Waals surface area contributed by atoms with Crippen LogP contribution in [-0.2, 0) is 5.72 Å². The van der Waals surface area contributed by atoms with E-state index in [1.54, 1.807) is 6.07 Å². The number of carbonyl (C=O) groups is 1. The Morgan fingerprint density at radius 2 is 2.00 bits per heavy atom. The van der Waals surface area contributed by atoms with E-state index in [1.165, 1.54) is 18.2 Å². The topological polar surface area (TPSA) is 132 Å². The summed E-state index contributed by atoms with van der Waals surface area (Å²) in [6.07, 6.45) is 0. The number of aromatic amines is 1. The number of H-pyrrole nitrogens is 1. The number of carbonyl (C=O) groups excluding carboxylic acids is 1. The minimum atomic E-state index is -2.17. The number of hydrogen-bond donors (Lipinski definition) is 4. The van der Waals surface area contributed by atoms with Crippen LogP contribution in [0.15, 0.2) is 23.0 Å². The number of hydrogen-bond acceptors (Lipinski definition) is 5. The van der Waals surface area contributed by atoms with Crippen LogP contribution in [0.4, 0.5) is 5.82 Å². The lowest BCUT2D eigenvalue weighted by molar-refractivity contribution is 0.0475. The molecule has 0 bridgehead atoms. The molecule has 1 unspecified atom stereocenters. The summed E-state index contributed by atoms with van der Waals surface area (Å²) < 4.78 is 0. The number of aromatic nitrogens is 1. The third kappa shape index (κ3) is 2.08. The minimum Gasteiger partial charge on any atom is -0.385 e. The number of nitrogens with one attached hydrogen (secondary N) is 2. The number of nitrogens with two attached hydrogens (primary N) is 1. The maximum Gasteiger partial charge on any atom is 0.267 e. The van der Waals surface area contributed by atoms with Gasteiger partial charge >= 0.3 is 0 Å². The molecule has 116 valence electrons. The number of rotatable bonds is 1. The number of benzene rings is 1. The second-order valence-electron chi connectivity index (χ2n) is 4.89. The molecule has 1 aliphatic heterocycles. The van der Waals surface area contributed by atoms with Crippen molar-refractivity contribution in [3.05, 3.63) is 60.9 Å². The van der Waals surface area contributed by atoms with Gasteiger partial charge in [0.15, 0.2) is 5.72 Å². The van der Waals surface area contributed by atoms with Crippen molar-refractivity contribution in [3.8, 4) is 6.07 Å². The van der Waals surface area contributed by atoms with E-state index in [0.29, 0.717) is 5.02 Å². The number of aliphatic hydroxyl groups is 1. The third-order valence-electron chi connectivity index (χ3n) is 3.56. The van der Waals surface area contributed by atoms with Crippen LogP contribution in [0.25, 0.3) is 0 Å². The molecule has 0 aliphatic carbocycles. The number of halogens is 2. The fourth-order valence-electron chi connectivity index (χ4n) is 2.60. The monoisotopic (exact) mass is 350 g/mol. The highest BCUT2D eigenvalue weighted by atomic mass is 35.5. The van der Waals surface area contributed by atoms with Crippen molar-refractivity contribution in [2.24, 2.45) is 0 Å². The number of fused-ring (bicyclic) bond motifs is 1. The van der Waals surface area contributed by atoms with Crippen molar-refractivity contribution < 1.29 is 9.90 Å². The van der Waals surface area contributed by atoms with Gasteiger partial charge in [0.25, 0.3) is 11.5 Å². The van der Waals surface area contributed by atoms with Crippen LogP contribution < -0.4 is 16.6 Å². The van der Waals surface area contributed by atoms with Gasteiger partial charge in [0.2, 0.25) is 0 Å². The average Bonchev–Trinajstić information content (AvgIpc) is 2.72. The molecule has 1 atom stereocenters. The molecular weight excluding hydrogens is 343 g/mol. The Morgan fingerprint density at radius 1 is 1.30 bits per heavy atom. The maximum atomic E-state index is 12.2. The quantitative estimate of drug-likeness (QED) is 0.610. The smallest absolute Gasteiger partial charge is 0.267 e. The molecular formula is C14H8Cl2N4O3. The van der Waals surface area contributed by atoms with Crippen LogP contribution in [0, 0.1) is 11.3 Å². The Labute approximate surface area is 139 Å². The van der Waals surface area contributed by atoms with E-state index in [-0.39, 0.29) is 27.5 Å². The van der Waals surface area contributed by atoms with Gasteiger partial charge in [0, 0.05) is 16.1 Å². The molecule has 1 amide bonds. The van der Waals surface area contributed by atoms with Gasteiger partial charge in [-0.15, -0.1) is 0 Å². The third-order valence-corrected chi connectivity index (χ3v) is 4.11. The normalized spacial score (nSPS) is 19.1. The molecule has 7 nitrogen and oxygen atoms in total. The average molecular weight is 351 g/mol. The van der Waals surface area contributed by atoms with E-state index >= 15 is 0 Å². The van der Waals surface area contributed by atoms with Gasteiger partial charge in [-0.3, -0.25) is 9.59 Å². The van der Waals surface area contributed by atoms with E-state index in [4.69, 9.17) is 28.9 Å². The molecule has 2 heterocycles. The van der Waals surface area contributed by atoms with Crippen molar-refractivity contribution in [1.82, 2.24) is 10.3 Å². The summed E-state index contributed by atoms with van der Waals surface area (Å²) in [6, 6.07) is 5.88. The van der Waals surface area contributed by atoms with Crippen molar-refractivity contribution >= 4 is 34.9 Å². The summed E-state index contributed by atoms with van der Waals surface area (Å²) in [7, 11) is 0. The Morgan fingerprint density at radius 3 is 2.61 bits per heavy atom. The molecule has 1 aromatic carbocycles. The van der Waals surface area contributed by atoms with Gasteiger partial charge in [-0.25, -0.2) is 0 Å².